The molecule has 0 radical (unpaired) electrons. The molecule has 2 aromatic rings. The number of imidazole rings is 1. The first-order valence-electron chi connectivity index (χ1n) is 7.63. The van der Waals surface area contributed by atoms with Gasteiger partial charge in [0.05, 0.1) is 17.6 Å². The number of hydrogen-bond donors (Lipinski definition) is 1. The normalized spacial score (nSPS) is 18.2. The molecule has 0 aliphatic carbocycles. The van der Waals surface area contributed by atoms with Crippen LogP contribution in [0.4, 0.5) is 0 Å². The van der Waals surface area contributed by atoms with Crippen LogP contribution >= 0.6 is 0 Å². The van der Waals surface area contributed by atoms with Crippen LogP contribution in [0.3, 0.4) is 0 Å². The number of nitrogens with one attached hydrogen (secondary N) is 1. The van der Waals surface area contributed by atoms with Crippen molar-refractivity contribution >= 4 is 16.9 Å². The van der Waals surface area contributed by atoms with E-state index >= 15 is 0 Å². The lowest BCUT2D eigenvalue weighted by atomic mass is 10.2. The maximum atomic E-state index is 12.0. The highest BCUT2D eigenvalue weighted by Crippen LogP contribution is 2.17. The lowest BCUT2D eigenvalue weighted by Gasteiger charge is -2.11. The summed E-state index contributed by atoms with van der Waals surface area (Å²) in [6.45, 7) is 4.19. The fraction of sp³-hybridized carbons (Fsp3) is 0.500. The maximum absolute atomic E-state index is 12.0. The molecule has 2 heterocycles. The molecular weight excluding hydrogens is 266 g/mol. The number of benzene rings is 1. The van der Waals surface area contributed by atoms with Crippen LogP contribution in [0.1, 0.15) is 32.0 Å². The van der Waals surface area contributed by atoms with Crippen molar-refractivity contribution < 1.29 is 9.53 Å². The number of carbonyl (C=O) groups excluding carboxylic acids is 1. The number of amides is 1. The van der Waals surface area contributed by atoms with E-state index in [4.69, 9.17) is 4.74 Å². The standard InChI is InChI=1S/C16H21N3O2/c1-2-9-19-13-7-4-3-6-12(13)18-15(19)11-17-16(20)14-8-5-10-21-14/h3-4,6-7,14H,2,5,8-11H2,1H3,(H,17,20). The summed E-state index contributed by atoms with van der Waals surface area (Å²) in [4.78, 5) is 16.7. The van der Waals surface area contributed by atoms with Gasteiger partial charge in [0, 0.05) is 13.2 Å². The van der Waals surface area contributed by atoms with E-state index in [9.17, 15) is 4.79 Å². The van der Waals surface area contributed by atoms with E-state index in [-0.39, 0.29) is 12.0 Å². The van der Waals surface area contributed by atoms with Gasteiger partial charge < -0.3 is 14.6 Å². The second-order valence-corrected chi connectivity index (χ2v) is 5.39. The summed E-state index contributed by atoms with van der Waals surface area (Å²) >= 11 is 0. The third-order valence-electron chi connectivity index (χ3n) is 3.82. The molecule has 1 atom stereocenters. The van der Waals surface area contributed by atoms with Crippen molar-refractivity contribution in [3.05, 3.63) is 30.1 Å². The Bertz CT molecular complexity index is 629. The topological polar surface area (TPSA) is 56.2 Å². The van der Waals surface area contributed by atoms with Gasteiger partial charge in [-0.15, -0.1) is 0 Å². The number of nitrogens with zero attached hydrogens (tertiary/aromatic N) is 2. The average Bonchev–Trinajstić information content (AvgIpc) is 3.14. The van der Waals surface area contributed by atoms with E-state index in [0.717, 1.165) is 42.7 Å². The predicted octanol–water partition coefficient (Wildman–Crippen LogP) is 2.24. The molecule has 112 valence electrons. The van der Waals surface area contributed by atoms with E-state index < -0.39 is 0 Å². The Hall–Kier alpha value is -1.88. The minimum absolute atomic E-state index is 0.0254. The Morgan fingerprint density at radius 1 is 1.48 bits per heavy atom. The van der Waals surface area contributed by atoms with Gasteiger partial charge in [-0.25, -0.2) is 4.98 Å². The van der Waals surface area contributed by atoms with Gasteiger partial charge in [-0.1, -0.05) is 19.1 Å². The first-order valence-corrected chi connectivity index (χ1v) is 7.63. The first kappa shape index (κ1) is 14.1. The van der Waals surface area contributed by atoms with E-state index in [1.54, 1.807) is 0 Å². The molecule has 1 saturated heterocycles. The number of carbonyl (C=O) groups is 1. The highest BCUT2D eigenvalue weighted by molar-refractivity contribution is 5.81. The number of aromatic nitrogens is 2. The Morgan fingerprint density at radius 2 is 2.33 bits per heavy atom. The molecule has 1 amide bonds. The van der Waals surface area contributed by atoms with Crippen molar-refractivity contribution in [2.45, 2.75) is 45.4 Å². The number of fused-ring (bicyclic) bond motifs is 1. The molecule has 5 heteroatoms. The second-order valence-electron chi connectivity index (χ2n) is 5.39. The van der Waals surface area contributed by atoms with Crippen LogP contribution in [0.5, 0.6) is 0 Å². The van der Waals surface area contributed by atoms with Gasteiger partial charge in [-0.3, -0.25) is 4.79 Å². The van der Waals surface area contributed by atoms with Gasteiger partial charge in [0.2, 0.25) is 5.91 Å². The molecule has 1 aliphatic heterocycles. The van der Waals surface area contributed by atoms with E-state index in [1.165, 1.54) is 0 Å². The number of para-hydroxylation sites is 2. The van der Waals surface area contributed by atoms with Crippen molar-refractivity contribution in [1.29, 1.82) is 0 Å². The maximum Gasteiger partial charge on any atom is 0.249 e. The van der Waals surface area contributed by atoms with Crippen LogP contribution in [-0.4, -0.2) is 28.2 Å². The van der Waals surface area contributed by atoms with Gasteiger partial charge in [0.15, 0.2) is 0 Å². The fourth-order valence-corrected chi connectivity index (χ4v) is 2.80. The van der Waals surface area contributed by atoms with Crippen molar-refractivity contribution in [2.24, 2.45) is 0 Å². The Kier molecular flexibility index (Phi) is 4.20. The van der Waals surface area contributed by atoms with Crippen LogP contribution in [0, 0.1) is 0 Å². The molecule has 21 heavy (non-hydrogen) atoms. The molecular formula is C16H21N3O2. The Labute approximate surface area is 124 Å². The van der Waals surface area contributed by atoms with E-state index in [2.05, 4.69) is 27.9 Å². The average molecular weight is 287 g/mol. The summed E-state index contributed by atoms with van der Waals surface area (Å²) in [5.74, 6) is 0.881. The molecule has 0 saturated carbocycles. The summed E-state index contributed by atoms with van der Waals surface area (Å²) in [7, 11) is 0. The molecule has 0 bridgehead atoms. The van der Waals surface area contributed by atoms with Crippen molar-refractivity contribution in [1.82, 2.24) is 14.9 Å². The SMILES string of the molecule is CCCn1c(CNC(=O)C2CCCO2)nc2ccccc21. The van der Waals surface area contributed by atoms with Gasteiger partial charge in [0.25, 0.3) is 0 Å². The molecule has 1 aliphatic rings. The van der Waals surface area contributed by atoms with Crippen molar-refractivity contribution in [3.63, 3.8) is 0 Å². The molecule has 1 aromatic heterocycles. The lowest BCUT2D eigenvalue weighted by Crippen LogP contribution is -2.34. The molecule has 5 nitrogen and oxygen atoms in total. The van der Waals surface area contributed by atoms with Crippen LogP contribution in [0.2, 0.25) is 0 Å². The second kappa shape index (κ2) is 6.26. The minimum atomic E-state index is -0.283. The van der Waals surface area contributed by atoms with Crippen LogP contribution in [0.25, 0.3) is 11.0 Å². The molecule has 1 fully saturated rings. The third kappa shape index (κ3) is 2.93. The summed E-state index contributed by atoms with van der Waals surface area (Å²) < 4.78 is 7.59. The highest BCUT2D eigenvalue weighted by atomic mass is 16.5. The van der Waals surface area contributed by atoms with E-state index in [0.29, 0.717) is 13.2 Å². The van der Waals surface area contributed by atoms with Crippen LogP contribution in [0.15, 0.2) is 24.3 Å². The monoisotopic (exact) mass is 287 g/mol. The number of aryl methyl sites for hydroxylation is 1. The minimum Gasteiger partial charge on any atom is -0.368 e. The van der Waals surface area contributed by atoms with Gasteiger partial charge in [-0.05, 0) is 31.4 Å². The van der Waals surface area contributed by atoms with Crippen molar-refractivity contribution in [3.8, 4) is 0 Å². The molecule has 0 spiro atoms. The van der Waals surface area contributed by atoms with Crippen LogP contribution < -0.4 is 5.32 Å². The summed E-state index contributed by atoms with van der Waals surface area (Å²) in [6, 6.07) is 8.08. The third-order valence-corrected chi connectivity index (χ3v) is 3.82. The molecule has 1 unspecified atom stereocenters. The van der Waals surface area contributed by atoms with Gasteiger partial charge in [-0.2, -0.15) is 0 Å². The van der Waals surface area contributed by atoms with E-state index in [1.807, 2.05) is 18.2 Å². The Balaban J connectivity index is 1.76. The van der Waals surface area contributed by atoms with Crippen LogP contribution in [-0.2, 0) is 22.6 Å². The molecule has 1 aromatic carbocycles. The fourth-order valence-electron chi connectivity index (χ4n) is 2.80. The zero-order valence-electron chi connectivity index (χ0n) is 12.3. The number of hydrogen-bond acceptors (Lipinski definition) is 3. The summed E-state index contributed by atoms with van der Waals surface area (Å²) in [5, 5.41) is 2.95. The lowest BCUT2D eigenvalue weighted by molar-refractivity contribution is -0.130. The zero-order valence-corrected chi connectivity index (χ0v) is 12.3. The smallest absolute Gasteiger partial charge is 0.249 e. The zero-order chi connectivity index (χ0) is 14.7. The van der Waals surface area contributed by atoms with Gasteiger partial charge >= 0.3 is 0 Å². The molecule has 3 rings (SSSR count). The van der Waals surface area contributed by atoms with Gasteiger partial charge in [0.1, 0.15) is 11.9 Å². The summed E-state index contributed by atoms with van der Waals surface area (Å²) in [5.41, 5.74) is 2.10. The number of ether oxygens (including phenoxy) is 1. The largest absolute Gasteiger partial charge is 0.368 e. The Morgan fingerprint density at radius 3 is 3.10 bits per heavy atom. The van der Waals surface area contributed by atoms with Crippen molar-refractivity contribution in [2.75, 3.05) is 6.61 Å². The first-order chi connectivity index (χ1) is 10.3. The number of rotatable bonds is 5. The highest BCUT2D eigenvalue weighted by Gasteiger charge is 2.23. The molecule has 1 N–H and O–H groups in total. The predicted molar refractivity (Wildman–Crippen MR) is 80.8 cm³/mol. The quantitative estimate of drug-likeness (QED) is 0.917. The summed E-state index contributed by atoms with van der Waals surface area (Å²) in [6.07, 6.45) is 2.53.